The van der Waals surface area contributed by atoms with Crippen LogP contribution in [-0.4, -0.2) is 28.0 Å². The summed E-state index contributed by atoms with van der Waals surface area (Å²) in [4.78, 5) is 20.3. The third-order valence-electron chi connectivity index (χ3n) is 2.22. The van der Waals surface area contributed by atoms with Crippen molar-refractivity contribution in [2.45, 2.75) is 0 Å². The molecule has 0 fully saturated rings. The first-order valence-electron chi connectivity index (χ1n) is 5.40. The molecule has 0 aliphatic rings. The van der Waals surface area contributed by atoms with E-state index < -0.39 is 23.4 Å². The SMILES string of the molecule is N.O.O.O=C(O)c1ccccc1[O-].O=C([O-])c1ccccc1[O-].[Cr+3]. The predicted octanol–water partition coefficient (Wildman–Crippen LogP) is -1.91. The van der Waals surface area contributed by atoms with Gasteiger partial charge in [0.2, 0.25) is 0 Å². The van der Waals surface area contributed by atoms with Gasteiger partial charge in [0.25, 0.3) is 0 Å². The standard InChI is InChI=1S/2C7H6O3.Cr.H3N.2H2O/c2*8-6-4-2-1-3-5(6)7(9)10;;;;/h2*1-4,8H,(H,9,10);;1H3;2*1H2/q;;+3;;;/p-3. The van der Waals surface area contributed by atoms with Gasteiger partial charge in [-0.25, -0.2) is 4.79 Å². The van der Waals surface area contributed by atoms with E-state index in [-0.39, 0.29) is 45.6 Å². The van der Waals surface area contributed by atoms with E-state index in [1.807, 2.05) is 0 Å². The molecule has 0 aliphatic carbocycles. The van der Waals surface area contributed by atoms with Crippen molar-refractivity contribution >= 4 is 11.9 Å². The topological polar surface area (TPSA) is 222 Å². The fourth-order valence-corrected chi connectivity index (χ4v) is 1.28. The molecule has 2 aromatic carbocycles. The molecule has 1 radical (unpaired) electrons. The molecule has 0 atom stereocenters. The Bertz CT molecular complexity index is 580. The zero-order valence-corrected chi connectivity index (χ0v) is 13.5. The van der Waals surface area contributed by atoms with Crippen molar-refractivity contribution < 1.29 is 58.3 Å². The van der Waals surface area contributed by atoms with Crippen molar-refractivity contribution in [1.29, 1.82) is 0 Å². The van der Waals surface area contributed by atoms with Crippen LogP contribution in [0, 0.1) is 0 Å². The summed E-state index contributed by atoms with van der Waals surface area (Å²) in [6, 6.07) is 10.9. The quantitative estimate of drug-likeness (QED) is 0.602. The summed E-state index contributed by atoms with van der Waals surface area (Å²) in [5.74, 6) is -3.56. The Kier molecular flexibility index (Phi) is 17.2. The molecule has 0 bridgehead atoms. The second-order valence-electron chi connectivity index (χ2n) is 3.58. The normalized spacial score (nSPS) is 7.67. The Morgan fingerprint density at radius 2 is 1.12 bits per heavy atom. The zero-order chi connectivity index (χ0) is 15.1. The van der Waals surface area contributed by atoms with E-state index in [9.17, 15) is 24.9 Å². The van der Waals surface area contributed by atoms with Gasteiger partial charge in [0.05, 0.1) is 11.5 Å². The van der Waals surface area contributed by atoms with Crippen LogP contribution in [0.4, 0.5) is 0 Å². The fourth-order valence-electron chi connectivity index (χ4n) is 1.28. The van der Waals surface area contributed by atoms with Crippen LogP contribution >= 0.6 is 0 Å². The average Bonchev–Trinajstić information content (AvgIpc) is 2.40. The van der Waals surface area contributed by atoms with Gasteiger partial charge in [-0.3, -0.25) is 0 Å². The van der Waals surface area contributed by atoms with Crippen LogP contribution in [0.2, 0.25) is 0 Å². The van der Waals surface area contributed by atoms with E-state index >= 15 is 0 Å². The summed E-state index contributed by atoms with van der Waals surface area (Å²) in [5, 5.41) is 39.8. The van der Waals surface area contributed by atoms with Crippen LogP contribution in [0.1, 0.15) is 20.7 Å². The zero-order valence-electron chi connectivity index (χ0n) is 12.2. The third-order valence-corrected chi connectivity index (χ3v) is 2.22. The molecular formula is C14H16CrNO8. The minimum atomic E-state index is -1.43. The number of hydrogen-bond donors (Lipinski definition) is 2. The van der Waals surface area contributed by atoms with Crippen LogP contribution in [0.5, 0.6) is 11.5 Å². The van der Waals surface area contributed by atoms with E-state index in [1.54, 1.807) is 0 Å². The number of hydrogen-bond acceptors (Lipinski definition) is 6. The molecule has 131 valence electrons. The number of rotatable bonds is 2. The van der Waals surface area contributed by atoms with Gasteiger partial charge < -0.3 is 42.3 Å². The molecular weight excluding hydrogens is 362 g/mol. The Balaban J connectivity index is -0.000000143. The molecule has 10 heteroatoms. The van der Waals surface area contributed by atoms with Crippen molar-refractivity contribution in [1.82, 2.24) is 6.15 Å². The number of para-hydroxylation sites is 2. The van der Waals surface area contributed by atoms with Gasteiger partial charge in [-0.05, 0) is 11.6 Å². The van der Waals surface area contributed by atoms with E-state index in [2.05, 4.69) is 0 Å². The summed E-state index contributed by atoms with van der Waals surface area (Å²) in [6.07, 6.45) is 0. The fraction of sp³-hybridized carbons (Fsp3) is 0. The number of benzene rings is 2. The molecule has 8 N–H and O–H groups in total. The van der Waals surface area contributed by atoms with E-state index in [0.717, 1.165) is 0 Å². The largest absolute Gasteiger partial charge is 3.00 e. The maximum absolute atomic E-state index is 10.7. The maximum atomic E-state index is 10.7. The molecule has 0 saturated carbocycles. The smallest absolute Gasteiger partial charge is 0.872 e. The van der Waals surface area contributed by atoms with Crippen LogP contribution in [0.25, 0.3) is 0 Å². The Labute approximate surface area is 148 Å². The van der Waals surface area contributed by atoms with Gasteiger partial charge in [-0.15, -0.1) is 0 Å². The summed E-state index contributed by atoms with van der Waals surface area (Å²) in [7, 11) is 0. The minimum absolute atomic E-state index is 0. The molecule has 0 saturated heterocycles. The van der Waals surface area contributed by atoms with Gasteiger partial charge in [0.15, 0.2) is 0 Å². The second-order valence-corrected chi connectivity index (χ2v) is 3.58. The van der Waals surface area contributed by atoms with Gasteiger partial charge in [-0.2, -0.15) is 0 Å². The van der Waals surface area contributed by atoms with Crippen molar-refractivity contribution in [2.75, 3.05) is 0 Å². The first-order valence-corrected chi connectivity index (χ1v) is 5.40. The molecule has 0 amide bonds. The Morgan fingerprint density at radius 1 is 0.792 bits per heavy atom. The van der Waals surface area contributed by atoms with Crippen molar-refractivity contribution in [3.8, 4) is 11.5 Å². The van der Waals surface area contributed by atoms with Crippen LogP contribution in [-0.2, 0) is 17.4 Å². The average molecular weight is 378 g/mol. The predicted molar refractivity (Wildman–Crippen MR) is 75.3 cm³/mol. The molecule has 24 heavy (non-hydrogen) atoms. The molecule has 0 spiro atoms. The monoisotopic (exact) mass is 378 g/mol. The molecule has 0 heterocycles. The molecule has 0 aliphatic heterocycles. The van der Waals surface area contributed by atoms with E-state index in [0.29, 0.717) is 0 Å². The first-order chi connectivity index (χ1) is 9.43. The first kappa shape index (κ1) is 29.4. The molecule has 2 aromatic rings. The summed E-state index contributed by atoms with van der Waals surface area (Å²) in [6.45, 7) is 0. The van der Waals surface area contributed by atoms with Crippen LogP contribution < -0.4 is 21.5 Å². The van der Waals surface area contributed by atoms with Gasteiger partial charge in [0, 0.05) is 0 Å². The number of carbonyl (C=O) groups excluding carboxylic acids is 1. The van der Waals surface area contributed by atoms with Crippen molar-refractivity contribution in [3.05, 3.63) is 59.7 Å². The molecule has 9 nitrogen and oxygen atoms in total. The molecule has 0 aromatic heterocycles. The maximum Gasteiger partial charge on any atom is 3.00 e. The van der Waals surface area contributed by atoms with E-state index in [4.69, 9.17) is 5.11 Å². The third kappa shape index (κ3) is 8.74. The molecule has 2 rings (SSSR count). The van der Waals surface area contributed by atoms with Crippen LogP contribution in [0.3, 0.4) is 0 Å². The second kappa shape index (κ2) is 14.0. The van der Waals surface area contributed by atoms with E-state index in [1.165, 1.54) is 48.5 Å². The Hall–Kier alpha value is -2.61. The van der Waals surface area contributed by atoms with Gasteiger partial charge >= 0.3 is 23.3 Å². The van der Waals surface area contributed by atoms with Crippen molar-refractivity contribution in [2.24, 2.45) is 0 Å². The number of carbonyl (C=O) groups is 2. The number of aromatic carboxylic acids is 2. The van der Waals surface area contributed by atoms with Crippen LogP contribution in [0.15, 0.2) is 48.5 Å². The number of carboxylic acids is 2. The van der Waals surface area contributed by atoms with Crippen molar-refractivity contribution in [3.63, 3.8) is 0 Å². The summed E-state index contributed by atoms with van der Waals surface area (Å²) >= 11 is 0. The minimum Gasteiger partial charge on any atom is -0.872 e. The summed E-state index contributed by atoms with van der Waals surface area (Å²) in [5.41, 5.74) is -0.468. The number of carboxylic acid groups (broad SMARTS) is 2. The Morgan fingerprint density at radius 3 is 1.33 bits per heavy atom. The molecule has 0 unspecified atom stereocenters. The van der Waals surface area contributed by atoms with Gasteiger partial charge in [0.1, 0.15) is 0 Å². The van der Waals surface area contributed by atoms with Gasteiger partial charge in [-0.1, -0.05) is 54.0 Å². The summed E-state index contributed by atoms with van der Waals surface area (Å²) < 4.78 is 0.